The number of aromatic nitrogens is 5. The maximum Gasteiger partial charge on any atom is 0.413 e. The van der Waals surface area contributed by atoms with Crippen LogP contribution in [0.2, 0.25) is 0 Å². The van der Waals surface area contributed by atoms with Crippen LogP contribution in [0.3, 0.4) is 0 Å². The van der Waals surface area contributed by atoms with Gasteiger partial charge in [-0.15, -0.1) is 0 Å². The number of methoxy groups -OCH3 is 1. The Morgan fingerprint density at radius 2 is 1.79 bits per heavy atom. The molecule has 0 bridgehead atoms. The summed E-state index contributed by atoms with van der Waals surface area (Å²) in [7, 11) is 3.09. The molecular formula is C28H32F2N8O5. The lowest BCUT2D eigenvalue weighted by atomic mass is 10.1. The van der Waals surface area contributed by atoms with Crippen LogP contribution in [0.4, 0.5) is 25.2 Å². The van der Waals surface area contributed by atoms with Crippen molar-refractivity contribution in [2.75, 3.05) is 43.1 Å². The molecular weight excluding hydrogens is 566 g/mol. The number of carboxylic acid groups (broad SMARTS) is 1. The molecule has 1 fully saturated rings. The fourth-order valence-corrected chi connectivity index (χ4v) is 5.28. The Morgan fingerprint density at radius 3 is 2.37 bits per heavy atom. The van der Waals surface area contributed by atoms with Crippen LogP contribution in [0.15, 0.2) is 30.3 Å². The average Bonchev–Trinajstić information content (AvgIpc) is 3.46. The van der Waals surface area contributed by atoms with Crippen molar-refractivity contribution in [2.45, 2.75) is 33.9 Å². The van der Waals surface area contributed by atoms with Gasteiger partial charge in [0.1, 0.15) is 11.6 Å². The van der Waals surface area contributed by atoms with E-state index in [1.165, 1.54) is 30.7 Å². The van der Waals surface area contributed by atoms with Gasteiger partial charge in [0.15, 0.2) is 17.1 Å². The summed E-state index contributed by atoms with van der Waals surface area (Å²) in [5, 5.41) is 19.4. The lowest BCUT2D eigenvalue weighted by Crippen LogP contribution is -2.48. The molecule has 13 nitrogen and oxygen atoms in total. The molecule has 1 N–H and O–H groups in total. The first-order valence-electron chi connectivity index (χ1n) is 13.5. The minimum absolute atomic E-state index is 0.0213. The molecule has 3 aromatic heterocycles. The monoisotopic (exact) mass is 598 g/mol. The second-order valence-electron chi connectivity index (χ2n) is 10.2. The van der Waals surface area contributed by atoms with Gasteiger partial charge in [0.05, 0.1) is 30.7 Å². The summed E-state index contributed by atoms with van der Waals surface area (Å²) in [5.74, 6) is 0.648. The summed E-state index contributed by atoms with van der Waals surface area (Å²) < 4.78 is 39.4. The van der Waals surface area contributed by atoms with Crippen molar-refractivity contribution in [1.82, 2.24) is 29.3 Å². The fraction of sp³-hybridized carbons (Fsp3) is 0.393. The van der Waals surface area contributed by atoms with Crippen LogP contribution < -0.4 is 19.3 Å². The Kier molecular flexibility index (Phi) is 8.06. The highest BCUT2D eigenvalue weighted by Crippen LogP contribution is 2.38. The number of nitrogens with zero attached hydrogens (tertiary/aromatic N) is 8. The number of hydrogen-bond donors (Lipinski definition) is 1. The van der Waals surface area contributed by atoms with Gasteiger partial charge in [-0.3, -0.25) is 14.4 Å². The molecule has 4 heterocycles. The van der Waals surface area contributed by atoms with E-state index in [2.05, 4.69) is 10.2 Å². The van der Waals surface area contributed by atoms with E-state index >= 15 is 0 Å². The predicted molar refractivity (Wildman–Crippen MR) is 153 cm³/mol. The largest absolute Gasteiger partial charge is 0.493 e. The number of carbonyl (C=O) groups is 2. The Bertz CT molecular complexity index is 1680. The van der Waals surface area contributed by atoms with Gasteiger partial charge in [-0.25, -0.2) is 9.78 Å². The van der Waals surface area contributed by atoms with Crippen molar-refractivity contribution in [1.29, 1.82) is 0 Å². The van der Waals surface area contributed by atoms with Crippen molar-refractivity contribution in [2.24, 2.45) is 7.05 Å². The molecule has 0 saturated carbocycles. The number of piperazine rings is 1. The molecule has 1 saturated heterocycles. The molecule has 5 rings (SSSR count). The lowest BCUT2D eigenvalue weighted by molar-refractivity contribution is -0.129. The summed E-state index contributed by atoms with van der Waals surface area (Å²) in [6.07, 6.45) is -1.22. The molecule has 4 aromatic rings. The van der Waals surface area contributed by atoms with Gasteiger partial charge in [0.2, 0.25) is 5.91 Å². The van der Waals surface area contributed by atoms with Crippen LogP contribution in [0.1, 0.15) is 24.0 Å². The van der Waals surface area contributed by atoms with Crippen molar-refractivity contribution in [3.63, 3.8) is 0 Å². The first-order valence-corrected chi connectivity index (χ1v) is 13.5. The van der Waals surface area contributed by atoms with Crippen molar-refractivity contribution >= 4 is 29.3 Å². The number of carbonyl (C=O) groups excluding carboxylic acids is 1. The van der Waals surface area contributed by atoms with E-state index in [1.54, 1.807) is 41.8 Å². The highest BCUT2D eigenvalue weighted by atomic mass is 19.3. The molecule has 0 atom stereocenters. The van der Waals surface area contributed by atoms with E-state index in [-0.39, 0.29) is 29.8 Å². The summed E-state index contributed by atoms with van der Waals surface area (Å²) >= 11 is 0. The lowest BCUT2D eigenvalue weighted by Gasteiger charge is -2.35. The van der Waals surface area contributed by atoms with Crippen molar-refractivity contribution in [3.8, 4) is 22.6 Å². The third kappa shape index (κ3) is 5.87. The number of fused-ring (bicyclic) bond motifs is 1. The van der Waals surface area contributed by atoms with E-state index < -0.39 is 12.7 Å². The van der Waals surface area contributed by atoms with Crippen LogP contribution in [0.5, 0.6) is 11.5 Å². The quantitative estimate of drug-likeness (QED) is 0.323. The molecule has 0 radical (unpaired) electrons. The fourth-order valence-electron chi connectivity index (χ4n) is 5.28. The summed E-state index contributed by atoms with van der Waals surface area (Å²) in [6, 6.07) is 8.06. The topological polar surface area (TPSA) is 131 Å². The normalized spacial score (nSPS) is 13.6. The standard InChI is InChI=1S/C28H32F2N8O5/c1-16-12-20(34(4)32-16)15-37(28(40)41)24-14-23(36-10-8-35(9-11-36)18(3)39)31-26-25(17(2)33-38(24)26)19-6-7-21(42-5)22(13-19)43-27(29)30/h6-7,12-14,27H,8-11,15H2,1-5H3,(H,40,41). The van der Waals surface area contributed by atoms with Gasteiger partial charge in [-0.2, -0.15) is 23.5 Å². The number of ether oxygens (including phenoxy) is 2. The zero-order valence-corrected chi connectivity index (χ0v) is 24.4. The van der Waals surface area contributed by atoms with Crippen LogP contribution in [0, 0.1) is 13.8 Å². The van der Waals surface area contributed by atoms with Crippen molar-refractivity contribution in [3.05, 3.63) is 47.4 Å². The number of halogens is 2. The third-order valence-electron chi connectivity index (χ3n) is 7.38. The Morgan fingerprint density at radius 1 is 1.07 bits per heavy atom. The molecule has 15 heteroatoms. The predicted octanol–water partition coefficient (Wildman–Crippen LogP) is 3.71. The second-order valence-corrected chi connectivity index (χ2v) is 10.2. The van der Waals surface area contributed by atoms with E-state index in [1.807, 2.05) is 11.8 Å². The average molecular weight is 599 g/mol. The molecule has 1 aromatic carbocycles. The van der Waals surface area contributed by atoms with Gasteiger partial charge in [0, 0.05) is 51.8 Å². The molecule has 0 spiro atoms. The van der Waals surface area contributed by atoms with Crippen LogP contribution in [-0.2, 0) is 18.4 Å². The van der Waals surface area contributed by atoms with Crippen LogP contribution in [-0.4, -0.2) is 86.3 Å². The number of hydrogen-bond acceptors (Lipinski definition) is 8. The summed E-state index contributed by atoms with van der Waals surface area (Å²) in [6.45, 7) is 3.89. The van der Waals surface area contributed by atoms with E-state index in [0.29, 0.717) is 60.2 Å². The zero-order valence-electron chi connectivity index (χ0n) is 24.4. The number of alkyl halides is 2. The molecule has 0 aliphatic carbocycles. The van der Waals surface area contributed by atoms with Gasteiger partial charge < -0.3 is 24.4 Å². The maximum absolute atomic E-state index is 13.2. The molecule has 1 aliphatic heterocycles. The Hall–Kier alpha value is -4.95. The SMILES string of the molecule is COc1ccc(-c2c(C)nn3c(N(Cc4cc(C)nn4C)C(=O)O)cc(N4CCN(C(C)=O)CC4)nc23)cc1OC(F)F. The van der Waals surface area contributed by atoms with Crippen molar-refractivity contribution < 1.29 is 33.0 Å². The Balaban J connectivity index is 1.69. The highest BCUT2D eigenvalue weighted by Gasteiger charge is 2.28. The second kappa shape index (κ2) is 11.7. The number of benzene rings is 1. The molecule has 1 aliphatic rings. The first kappa shape index (κ1) is 29.5. The number of rotatable bonds is 8. The number of amides is 2. The summed E-state index contributed by atoms with van der Waals surface area (Å²) in [4.78, 5) is 34.4. The molecule has 2 amide bonds. The smallest absolute Gasteiger partial charge is 0.413 e. The molecule has 43 heavy (non-hydrogen) atoms. The summed E-state index contributed by atoms with van der Waals surface area (Å²) in [5.41, 5.74) is 3.20. The Labute approximate surface area is 245 Å². The number of aryl methyl sites for hydroxylation is 3. The van der Waals surface area contributed by atoms with Crippen LogP contribution in [0.25, 0.3) is 16.8 Å². The van der Waals surface area contributed by atoms with Gasteiger partial charge in [-0.1, -0.05) is 6.07 Å². The third-order valence-corrected chi connectivity index (χ3v) is 7.38. The van der Waals surface area contributed by atoms with E-state index in [4.69, 9.17) is 14.5 Å². The highest BCUT2D eigenvalue weighted by molar-refractivity contribution is 5.89. The van der Waals surface area contributed by atoms with E-state index in [0.717, 1.165) is 10.6 Å². The zero-order chi connectivity index (χ0) is 31.0. The minimum atomic E-state index is -3.07. The van der Waals surface area contributed by atoms with E-state index in [9.17, 15) is 23.5 Å². The first-order chi connectivity index (χ1) is 20.5. The van der Waals surface area contributed by atoms with Gasteiger partial charge in [0.25, 0.3) is 0 Å². The minimum Gasteiger partial charge on any atom is -0.493 e. The molecule has 0 unspecified atom stereocenters. The number of anilines is 2. The van der Waals surface area contributed by atoms with Gasteiger partial charge in [-0.05, 0) is 37.6 Å². The molecule has 228 valence electrons. The van der Waals surface area contributed by atoms with Crippen LogP contribution >= 0.6 is 0 Å². The maximum atomic E-state index is 13.2. The van der Waals surface area contributed by atoms with Gasteiger partial charge >= 0.3 is 12.7 Å².